The molecule has 116 valence electrons. The fourth-order valence-electron chi connectivity index (χ4n) is 3.25. The van der Waals surface area contributed by atoms with Crippen LogP contribution in [0.3, 0.4) is 0 Å². The highest BCUT2D eigenvalue weighted by Crippen LogP contribution is 2.28. The van der Waals surface area contributed by atoms with Gasteiger partial charge in [-0.1, -0.05) is 22.0 Å². The molecule has 4 nitrogen and oxygen atoms in total. The Morgan fingerprint density at radius 3 is 2.81 bits per heavy atom. The van der Waals surface area contributed by atoms with Crippen molar-refractivity contribution >= 4 is 21.6 Å². The van der Waals surface area contributed by atoms with Gasteiger partial charge in [0, 0.05) is 42.4 Å². The summed E-state index contributed by atoms with van der Waals surface area (Å²) in [6.07, 6.45) is 2.37. The highest BCUT2D eigenvalue weighted by Gasteiger charge is 2.20. The second-order valence-corrected chi connectivity index (χ2v) is 6.93. The Bertz CT molecular complexity index is 477. The van der Waals surface area contributed by atoms with Crippen LogP contribution in [0, 0.1) is 0 Å². The average molecular weight is 354 g/mol. The molecule has 2 aliphatic rings. The summed E-state index contributed by atoms with van der Waals surface area (Å²) in [5, 5.41) is 0. The molecule has 0 bridgehead atoms. The summed E-state index contributed by atoms with van der Waals surface area (Å²) in [7, 11) is 0. The van der Waals surface area contributed by atoms with Gasteiger partial charge in [0.1, 0.15) is 0 Å². The van der Waals surface area contributed by atoms with Crippen LogP contribution < -0.4 is 10.6 Å². The molecule has 2 N–H and O–H groups in total. The maximum absolute atomic E-state index is 6.11. The first-order valence-corrected chi connectivity index (χ1v) is 8.61. The van der Waals surface area contributed by atoms with Gasteiger partial charge in [-0.15, -0.1) is 0 Å². The fourth-order valence-corrected chi connectivity index (χ4v) is 3.59. The molecule has 2 heterocycles. The van der Waals surface area contributed by atoms with E-state index in [0.29, 0.717) is 6.04 Å². The van der Waals surface area contributed by atoms with Crippen molar-refractivity contribution < 1.29 is 4.74 Å². The second-order valence-electron chi connectivity index (χ2n) is 6.01. The highest BCUT2D eigenvalue weighted by atomic mass is 79.9. The number of piperidine rings is 1. The third-order valence-electron chi connectivity index (χ3n) is 4.34. The van der Waals surface area contributed by atoms with Gasteiger partial charge in [0.25, 0.3) is 0 Å². The predicted octanol–water partition coefficient (Wildman–Crippen LogP) is 2.21. The summed E-state index contributed by atoms with van der Waals surface area (Å²) >= 11 is 3.61. The molecule has 3 rings (SSSR count). The van der Waals surface area contributed by atoms with Crippen LogP contribution in [-0.4, -0.2) is 50.3 Å². The number of nitrogens with two attached hydrogens (primary N) is 1. The van der Waals surface area contributed by atoms with Crippen molar-refractivity contribution in [2.75, 3.05) is 44.3 Å². The molecule has 0 aliphatic carbocycles. The molecule has 0 radical (unpaired) electrons. The van der Waals surface area contributed by atoms with Crippen LogP contribution >= 0.6 is 15.9 Å². The van der Waals surface area contributed by atoms with E-state index in [-0.39, 0.29) is 0 Å². The molecular formula is C16H24BrN3O. The van der Waals surface area contributed by atoms with Crippen LogP contribution in [0.2, 0.25) is 0 Å². The molecule has 0 amide bonds. The van der Waals surface area contributed by atoms with Gasteiger partial charge in [-0.05, 0) is 37.1 Å². The lowest BCUT2D eigenvalue weighted by Gasteiger charge is -2.34. The maximum Gasteiger partial charge on any atom is 0.0642 e. The van der Waals surface area contributed by atoms with E-state index in [9.17, 15) is 0 Å². The number of likely N-dealkylation sites (tertiary alicyclic amines) is 1. The predicted molar refractivity (Wildman–Crippen MR) is 89.7 cm³/mol. The smallest absolute Gasteiger partial charge is 0.0642 e. The molecule has 1 aromatic carbocycles. The third kappa shape index (κ3) is 3.97. The van der Waals surface area contributed by atoms with Crippen LogP contribution in [0.15, 0.2) is 22.7 Å². The topological polar surface area (TPSA) is 41.7 Å². The van der Waals surface area contributed by atoms with Gasteiger partial charge < -0.3 is 15.4 Å². The van der Waals surface area contributed by atoms with Crippen molar-refractivity contribution in [3.63, 3.8) is 0 Å². The number of anilines is 1. The number of rotatable bonds is 3. The number of morpholine rings is 1. The monoisotopic (exact) mass is 353 g/mol. The molecule has 2 fully saturated rings. The van der Waals surface area contributed by atoms with Crippen molar-refractivity contribution in [1.82, 2.24) is 4.90 Å². The Morgan fingerprint density at radius 2 is 2.05 bits per heavy atom. The average Bonchev–Trinajstić information content (AvgIpc) is 2.50. The molecular weight excluding hydrogens is 330 g/mol. The normalized spacial score (nSPS) is 24.3. The van der Waals surface area contributed by atoms with Gasteiger partial charge in [-0.25, -0.2) is 0 Å². The minimum atomic E-state index is 0.334. The zero-order chi connectivity index (χ0) is 14.7. The zero-order valence-corrected chi connectivity index (χ0v) is 14.0. The Morgan fingerprint density at radius 1 is 1.24 bits per heavy atom. The molecule has 2 saturated heterocycles. The Balaban J connectivity index is 1.77. The van der Waals surface area contributed by atoms with E-state index in [4.69, 9.17) is 10.5 Å². The van der Waals surface area contributed by atoms with Gasteiger partial charge >= 0.3 is 0 Å². The van der Waals surface area contributed by atoms with Gasteiger partial charge in [0.15, 0.2) is 0 Å². The quantitative estimate of drug-likeness (QED) is 0.904. The van der Waals surface area contributed by atoms with Gasteiger partial charge in [0.2, 0.25) is 0 Å². The molecule has 1 aromatic rings. The SMILES string of the molecule is NC1CCCN(Cc2ccc(Br)cc2N2CCOCC2)C1. The van der Waals surface area contributed by atoms with Crippen molar-refractivity contribution in [2.45, 2.75) is 25.4 Å². The molecule has 21 heavy (non-hydrogen) atoms. The van der Waals surface area contributed by atoms with E-state index >= 15 is 0 Å². The first-order chi connectivity index (χ1) is 10.2. The fraction of sp³-hybridized carbons (Fsp3) is 0.625. The van der Waals surface area contributed by atoms with Gasteiger partial charge in [0.05, 0.1) is 13.2 Å². The van der Waals surface area contributed by atoms with Crippen LogP contribution in [0.25, 0.3) is 0 Å². The number of benzene rings is 1. The number of halogens is 1. The van der Waals surface area contributed by atoms with Crippen molar-refractivity contribution in [2.24, 2.45) is 5.73 Å². The van der Waals surface area contributed by atoms with E-state index in [2.05, 4.69) is 43.9 Å². The number of ether oxygens (including phenoxy) is 1. The summed E-state index contributed by atoms with van der Waals surface area (Å²) in [5.74, 6) is 0. The lowest BCUT2D eigenvalue weighted by atomic mass is 10.0. The maximum atomic E-state index is 6.11. The highest BCUT2D eigenvalue weighted by molar-refractivity contribution is 9.10. The molecule has 2 aliphatic heterocycles. The second kappa shape index (κ2) is 7.09. The Hall–Kier alpha value is -0.620. The van der Waals surface area contributed by atoms with E-state index in [1.807, 2.05) is 0 Å². The van der Waals surface area contributed by atoms with Crippen LogP contribution in [0.1, 0.15) is 18.4 Å². The van der Waals surface area contributed by atoms with Crippen LogP contribution in [0.4, 0.5) is 5.69 Å². The first-order valence-electron chi connectivity index (χ1n) is 7.81. The molecule has 5 heteroatoms. The van der Waals surface area contributed by atoms with Crippen LogP contribution in [-0.2, 0) is 11.3 Å². The van der Waals surface area contributed by atoms with Gasteiger partial charge in [-0.2, -0.15) is 0 Å². The van der Waals surface area contributed by atoms with Crippen molar-refractivity contribution in [1.29, 1.82) is 0 Å². The largest absolute Gasteiger partial charge is 0.378 e. The lowest BCUT2D eigenvalue weighted by molar-refractivity contribution is 0.122. The van der Waals surface area contributed by atoms with E-state index in [0.717, 1.165) is 56.8 Å². The number of hydrogen-bond acceptors (Lipinski definition) is 4. The standard InChI is InChI=1S/C16H24BrN3O/c17-14-4-3-13(11-19-5-1-2-15(18)12-19)16(10-14)20-6-8-21-9-7-20/h3-4,10,15H,1-2,5-9,11-12,18H2. The molecule has 1 unspecified atom stereocenters. The summed E-state index contributed by atoms with van der Waals surface area (Å²) < 4.78 is 6.62. The summed E-state index contributed by atoms with van der Waals surface area (Å²) in [4.78, 5) is 4.93. The minimum absolute atomic E-state index is 0.334. The summed E-state index contributed by atoms with van der Waals surface area (Å²) in [5.41, 5.74) is 8.84. The van der Waals surface area contributed by atoms with Crippen molar-refractivity contribution in [3.05, 3.63) is 28.2 Å². The Kier molecular flexibility index (Phi) is 5.16. The number of nitrogens with zero attached hydrogens (tertiary/aromatic N) is 2. The third-order valence-corrected chi connectivity index (χ3v) is 4.83. The molecule has 1 atom stereocenters. The minimum Gasteiger partial charge on any atom is -0.378 e. The Labute approximate surface area is 135 Å². The van der Waals surface area contributed by atoms with E-state index in [1.165, 1.54) is 17.7 Å². The first kappa shape index (κ1) is 15.3. The zero-order valence-electron chi connectivity index (χ0n) is 12.4. The molecule has 0 aromatic heterocycles. The van der Waals surface area contributed by atoms with Crippen molar-refractivity contribution in [3.8, 4) is 0 Å². The van der Waals surface area contributed by atoms with E-state index in [1.54, 1.807) is 0 Å². The summed E-state index contributed by atoms with van der Waals surface area (Å²) in [6.45, 7) is 6.76. The molecule has 0 saturated carbocycles. The van der Waals surface area contributed by atoms with E-state index < -0.39 is 0 Å². The van der Waals surface area contributed by atoms with Gasteiger partial charge in [-0.3, -0.25) is 4.90 Å². The summed E-state index contributed by atoms with van der Waals surface area (Å²) in [6, 6.07) is 6.96. The lowest BCUT2D eigenvalue weighted by Crippen LogP contribution is -2.42. The van der Waals surface area contributed by atoms with Crippen LogP contribution in [0.5, 0.6) is 0 Å². The molecule has 0 spiro atoms. The number of hydrogen-bond donors (Lipinski definition) is 1.